The molecule has 0 fully saturated rings. The Morgan fingerprint density at radius 1 is 0.844 bits per heavy atom. The molecular formula is C28H32FNO2. The van der Waals surface area contributed by atoms with Gasteiger partial charge in [0.25, 0.3) is 0 Å². The fraction of sp³-hybridized carbons (Fsp3) is 0.357. The van der Waals surface area contributed by atoms with Gasteiger partial charge in [-0.15, -0.1) is 0 Å². The van der Waals surface area contributed by atoms with E-state index in [2.05, 4.69) is 24.9 Å². The summed E-state index contributed by atoms with van der Waals surface area (Å²) >= 11 is 0. The fourth-order valence-electron chi connectivity index (χ4n) is 3.62. The van der Waals surface area contributed by atoms with Crippen molar-refractivity contribution in [2.45, 2.75) is 65.2 Å². The maximum Gasteiger partial charge on any atom is 0.346 e. The Balaban J connectivity index is 1.59. The second-order valence-corrected chi connectivity index (χ2v) is 8.19. The molecule has 0 atom stereocenters. The predicted octanol–water partition coefficient (Wildman–Crippen LogP) is 7.57. The molecule has 0 amide bonds. The van der Waals surface area contributed by atoms with E-state index < -0.39 is 11.8 Å². The molecule has 0 saturated heterocycles. The number of aromatic nitrogens is 1. The van der Waals surface area contributed by atoms with Crippen LogP contribution in [0.15, 0.2) is 60.8 Å². The van der Waals surface area contributed by atoms with E-state index in [0.717, 1.165) is 42.5 Å². The van der Waals surface area contributed by atoms with Crippen LogP contribution in [-0.4, -0.2) is 11.0 Å². The summed E-state index contributed by atoms with van der Waals surface area (Å²) in [4.78, 5) is 17.0. The minimum atomic E-state index is -0.692. The first-order chi connectivity index (χ1) is 15.6. The van der Waals surface area contributed by atoms with Gasteiger partial charge < -0.3 is 4.74 Å². The van der Waals surface area contributed by atoms with Gasteiger partial charge in [-0.1, -0.05) is 51.7 Å². The number of halogens is 1. The van der Waals surface area contributed by atoms with Crippen LogP contribution in [0.25, 0.3) is 11.3 Å². The number of nitrogens with zero attached hydrogens (tertiary/aromatic N) is 1. The molecule has 0 spiro atoms. The van der Waals surface area contributed by atoms with Gasteiger partial charge in [0.05, 0.1) is 11.3 Å². The molecule has 0 N–H and O–H groups in total. The van der Waals surface area contributed by atoms with Gasteiger partial charge in [-0.25, -0.2) is 9.18 Å². The molecule has 168 valence electrons. The summed E-state index contributed by atoms with van der Waals surface area (Å²) in [7, 11) is 0. The molecular weight excluding hydrogens is 401 g/mol. The van der Waals surface area contributed by atoms with Gasteiger partial charge in [-0.3, -0.25) is 4.98 Å². The van der Waals surface area contributed by atoms with E-state index in [4.69, 9.17) is 4.74 Å². The van der Waals surface area contributed by atoms with Crippen LogP contribution in [0, 0.1) is 5.82 Å². The van der Waals surface area contributed by atoms with Crippen molar-refractivity contribution in [3.63, 3.8) is 0 Å². The summed E-state index contributed by atoms with van der Waals surface area (Å²) < 4.78 is 19.7. The molecule has 3 nitrogen and oxygen atoms in total. The van der Waals surface area contributed by atoms with E-state index in [1.807, 2.05) is 24.4 Å². The smallest absolute Gasteiger partial charge is 0.346 e. The average molecular weight is 434 g/mol. The number of hydrogen-bond donors (Lipinski definition) is 0. The number of rotatable bonds is 11. The third kappa shape index (κ3) is 6.74. The minimum absolute atomic E-state index is 0.0504. The zero-order chi connectivity index (χ0) is 22.8. The van der Waals surface area contributed by atoms with Crippen LogP contribution in [0.2, 0.25) is 0 Å². The minimum Gasteiger partial charge on any atom is -0.423 e. The number of unbranched alkanes of at least 4 members (excludes halogenated alkanes) is 4. The number of hydrogen-bond acceptors (Lipinski definition) is 3. The molecule has 0 aliphatic carbocycles. The summed E-state index contributed by atoms with van der Waals surface area (Å²) in [6, 6.07) is 16.0. The van der Waals surface area contributed by atoms with Crippen LogP contribution in [0.4, 0.5) is 4.39 Å². The summed E-state index contributed by atoms with van der Waals surface area (Å²) in [6.07, 6.45) is 10.8. The van der Waals surface area contributed by atoms with Crippen molar-refractivity contribution in [2.24, 2.45) is 0 Å². The van der Waals surface area contributed by atoms with Crippen LogP contribution in [0.5, 0.6) is 5.75 Å². The van der Waals surface area contributed by atoms with Crippen molar-refractivity contribution in [3.05, 3.63) is 83.3 Å². The third-order valence-corrected chi connectivity index (χ3v) is 5.58. The van der Waals surface area contributed by atoms with Crippen molar-refractivity contribution in [1.29, 1.82) is 0 Å². The Labute approximate surface area is 190 Å². The van der Waals surface area contributed by atoms with Crippen LogP contribution in [-0.2, 0) is 12.8 Å². The molecule has 0 aliphatic rings. The Bertz CT molecular complexity index is 997. The van der Waals surface area contributed by atoms with Crippen LogP contribution in [0.1, 0.15) is 73.9 Å². The molecule has 4 heteroatoms. The lowest BCUT2D eigenvalue weighted by atomic mass is 10.1. The molecule has 0 bridgehead atoms. The fourth-order valence-corrected chi connectivity index (χ4v) is 3.62. The highest BCUT2D eigenvalue weighted by Gasteiger charge is 2.15. The van der Waals surface area contributed by atoms with Crippen LogP contribution >= 0.6 is 0 Å². The van der Waals surface area contributed by atoms with Gasteiger partial charge in [0, 0.05) is 11.8 Å². The van der Waals surface area contributed by atoms with Gasteiger partial charge in [0.15, 0.2) is 0 Å². The summed E-state index contributed by atoms with van der Waals surface area (Å²) in [5.74, 6) is -0.859. The Morgan fingerprint density at radius 3 is 2.22 bits per heavy atom. The molecule has 1 heterocycles. The van der Waals surface area contributed by atoms with Crippen molar-refractivity contribution in [3.8, 4) is 17.0 Å². The number of aryl methyl sites for hydroxylation is 2. The summed E-state index contributed by atoms with van der Waals surface area (Å²) in [6.45, 7) is 4.31. The standard InChI is InChI=1S/C28H32FNO2/c1-3-5-7-8-10-22-12-18-27(30-20-22)23-13-15-24(16-14-23)32-28(31)25-17-11-21(9-6-4-2)19-26(25)29/h11-20H,3-10H2,1-2H3. The molecule has 0 radical (unpaired) electrons. The molecule has 0 aliphatic heterocycles. The van der Waals surface area contributed by atoms with E-state index >= 15 is 0 Å². The quantitative estimate of drug-likeness (QED) is 0.178. The topological polar surface area (TPSA) is 39.2 Å². The SMILES string of the molecule is CCCCCCc1ccc(-c2ccc(OC(=O)c3ccc(CCCC)cc3F)cc2)nc1. The monoisotopic (exact) mass is 433 g/mol. The van der Waals surface area contributed by atoms with E-state index in [9.17, 15) is 9.18 Å². The molecule has 1 aromatic heterocycles. The number of esters is 1. The molecule has 2 aromatic carbocycles. The van der Waals surface area contributed by atoms with Gasteiger partial charge in [-0.05, 0) is 79.3 Å². The van der Waals surface area contributed by atoms with Crippen LogP contribution in [0.3, 0.4) is 0 Å². The number of carbonyl (C=O) groups is 1. The van der Waals surface area contributed by atoms with Gasteiger partial charge >= 0.3 is 5.97 Å². The lowest BCUT2D eigenvalue weighted by Crippen LogP contribution is -2.11. The predicted molar refractivity (Wildman–Crippen MR) is 127 cm³/mol. The van der Waals surface area contributed by atoms with Gasteiger partial charge in [0.2, 0.25) is 0 Å². The van der Waals surface area contributed by atoms with Crippen molar-refractivity contribution < 1.29 is 13.9 Å². The zero-order valence-electron chi connectivity index (χ0n) is 19.1. The highest BCUT2D eigenvalue weighted by Crippen LogP contribution is 2.23. The Hall–Kier alpha value is -3.01. The highest BCUT2D eigenvalue weighted by atomic mass is 19.1. The normalized spacial score (nSPS) is 10.8. The summed E-state index contributed by atoms with van der Waals surface area (Å²) in [5.41, 5.74) is 3.90. The van der Waals surface area contributed by atoms with E-state index in [0.29, 0.717) is 5.75 Å². The van der Waals surface area contributed by atoms with Gasteiger partial charge in [-0.2, -0.15) is 0 Å². The maximum absolute atomic E-state index is 14.4. The summed E-state index contributed by atoms with van der Waals surface area (Å²) in [5, 5.41) is 0. The second kappa shape index (κ2) is 12.1. The first kappa shape index (κ1) is 23.6. The zero-order valence-corrected chi connectivity index (χ0v) is 19.1. The first-order valence-electron chi connectivity index (χ1n) is 11.7. The third-order valence-electron chi connectivity index (χ3n) is 5.58. The van der Waals surface area contributed by atoms with Gasteiger partial charge in [0.1, 0.15) is 11.6 Å². The largest absolute Gasteiger partial charge is 0.423 e. The van der Waals surface area contributed by atoms with E-state index in [1.54, 1.807) is 18.2 Å². The Morgan fingerprint density at radius 2 is 1.56 bits per heavy atom. The van der Waals surface area contributed by atoms with E-state index in [-0.39, 0.29) is 5.56 Å². The molecule has 0 saturated carbocycles. The Kier molecular flexibility index (Phi) is 8.97. The number of ether oxygens (including phenoxy) is 1. The molecule has 3 rings (SSSR count). The maximum atomic E-state index is 14.4. The highest BCUT2D eigenvalue weighted by molar-refractivity contribution is 5.91. The van der Waals surface area contributed by atoms with Crippen molar-refractivity contribution in [2.75, 3.05) is 0 Å². The van der Waals surface area contributed by atoms with Crippen molar-refractivity contribution in [1.82, 2.24) is 4.98 Å². The van der Waals surface area contributed by atoms with E-state index in [1.165, 1.54) is 43.4 Å². The van der Waals surface area contributed by atoms with Crippen molar-refractivity contribution >= 4 is 5.97 Å². The number of benzene rings is 2. The first-order valence-corrected chi connectivity index (χ1v) is 11.7. The molecule has 0 unspecified atom stereocenters. The molecule has 3 aromatic rings. The van der Waals surface area contributed by atoms with Crippen LogP contribution < -0.4 is 4.74 Å². The lowest BCUT2D eigenvalue weighted by Gasteiger charge is -2.08. The average Bonchev–Trinajstić information content (AvgIpc) is 2.81. The second-order valence-electron chi connectivity index (χ2n) is 8.19. The number of carbonyl (C=O) groups excluding carboxylic acids is 1. The lowest BCUT2D eigenvalue weighted by molar-refractivity contribution is 0.0730. The number of pyridine rings is 1. The molecule has 32 heavy (non-hydrogen) atoms.